The SMILES string of the molecule is Cc1cc(C)c(NC(=O)CCCSCCCCN2C(=O)c3ccccc3C2=O)c(C)c1. The van der Waals surface area contributed by atoms with Crippen molar-refractivity contribution in [3.05, 3.63) is 64.2 Å². The van der Waals surface area contributed by atoms with Crippen molar-refractivity contribution in [3.63, 3.8) is 0 Å². The van der Waals surface area contributed by atoms with Gasteiger partial charge in [0.15, 0.2) is 0 Å². The summed E-state index contributed by atoms with van der Waals surface area (Å²) < 4.78 is 0. The lowest BCUT2D eigenvalue weighted by molar-refractivity contribution is -0.116. The van der Waals surface area contributed by atoms with Crippen LogP contribution in [0.15, 0.2) is 36.4 Å². The maximum atomic E-state index is 12.3. The summed E-state index contributed by atoms with van der Waals surface area (Å²) in [4.78, 5) is 38.3. The number of anilines is 1. The maximum absolute atomic E-state index is 12.3. The number of aryl methyl sites for hydroxylation is 3. The van der Waals surface area contributed by atoms with Crippen LogP contribution in [0.4, 0.5) is 5.69 Å². The third-order valence-electron chi connectivity index (χ3n) is 5.43. The number of nitrogens with one attached hydrogen (secondary N) is 1. The van der Waals surface area contributed by atoms with Crippen LogP contribution in [0.1, 0.15) is 63.1 Å². The van der Waals surface area contributed by atoms with Crippen LogP contribution in [0.2, 0.25) is 0 Å². The van der Waals surface area contributed by atoms with Crippen molar-refractivity contribution in [1.29, 1.82) is 0 Å². The minimum absolute atomic E-state index is 0.0567. The fourth-order valence-corrected chi connectivity index (χ4v) is 4.89. The Balaban J connectivity index is 1.28. The van der Waals surface area contributed by atoms with Gasteiger partial charge in [-0.05, 0) is 74.8 Å². The number of amides is 3. The Labute approximate surface area is 188 Å². The molecule has 164 valence electrons. The molecule has 5 nitrogen and oxygen atoms in total. The van der Waals surface area contributed by atoms with E-state index in [1.807, 2.05) is 25.6 Å². The Morgan fingerprint density at radius 3 is 2.10 bits per heavy atom. The number of benzene rings is 2. The molecule has 2 aromatic rings. The van der Waals surface area contributed by atoms with E-state index in [0.29, 0.717) is 24.1 Å². The summed E-state index contributed by atoms with van der Waals surface area (Å²) in [5.74, 6) is 1.57. The van der Waals surface area contributed by atoms with Gasteiger partial charge in [-0.2, -0.15) is 11.8 Å². The number of hydrogen-bond acceptors (Lipinski definition) is 4. The van der Waals surface area contributed by atoms with E-state index in [4.69, 9.17) is 0 Å². The summed E-state index contributed by atoms with van der Waals surface area (Å²) in [6, 6.07) is 11.2. The Hall–Kier alpha value is -2.60. The standard InChI is InChI=1S/C25H30N2O3S/c1-17-15-18(2)23(19(3)16-17)26-22(28)11-8-14-31-13-7-6-12-27-24(29)20-9-4-5-10-21(20)25(27)30/h4-5,9-10,15-16H,6-8,11-14H2,1-3H3,(H,26,28). The monoisotopic (exact) mass is 438 g/mol. The minimum atomic E-state index is -0.182. The molecule has 0 spiro atoms. The Kier molecular flexibility index (Phi) is 7.91. The van der Waals surface area contributed by atoms with Gasteiger partial charge in [-0.15, -0.1) is 0 Å². The fourth-order valence-electron chi connectivity index (χ4n) is 3.93. The summed E-state index contributed by atoms with van der Waals surface area (Å²) in [7, 11) is 0. The van der Waals surface area contributed by atoms with Gasteiger partial charge >= 0.3 is 0 Å². The van der Waals surface area contributed by atoms with E-state index < -0.39 is 0 Å². The van der Waals surface area contributed by atoms with Crippen molar-refractivity contribution in [3.8, 4) is 0 Å². The number of thioether (sulfide) groups is 1. The Morgan fingerprint density at radius 1 is 0.903 bits per heavy atom. The molecule has 6 heteroatoms. The molecule has 1 aliphatic rings. The molecular formula is C25H30N2O3S. The topological polar surface area (TPSA) is 66.5 Å². The van der Waals surface area contributed by atoms with Gasteiger partial charge < -0.3 is 5.32 Å². The molecule has 0 saturated carbocycles. The number of rotatable bonds is 10. The van der Waals surface area contributed by atoms with Gasteiger partial charge in [0.05, 0.1) is 11.1 Å². The van der Waals surface area contributed by atoms with E-state index >= 15 is 0 Å². The number of hydrogen-bond donors (Lipinski definition) is 1. The smallest absolute Gasteiger partial charge is 0.261 e. The third kappa shape index (κ3) is 5.76. The van der Waals surface area contributed by atoms with Crippen LogP contribution >= 0.6 is 11.8 Å². The molecule has 1 N–H and O–H groups in total. The highest BCUT2D eigenvalue weighted by atomic mass is 32.2. The highest BCUT2D eigenvalue weighted by Gasteiger charge is 2.34. The summed E-state index contributed by atoms with van der Waals surface area (Å²) in [5, 5.41) is 3.05. The largest absolute Gasteiger partial charge is 0.326 e. The first-order chi connectivity index (χ1) is 14.9. The average molecular weight is 439 g/mol. The van der Waals surface area contributed by atoms with Crippen LogP contribution in [-0.4, -0.2) is 40.7 Å². The van der Waals surface area contributed by atoms with E-state index in [1.165, 1.54) is 10.5 Å². The van der Waals surface area contributed by atoms with Gasteiger partial charge in [0.2, 0.25) is 5.91 Å². The lowest BCUT2D eigenvalue weighted by Crippen LogP contribution is -2.30. The molecule has 0 fully saturated rings. The van der Waals surface area contributed by atoms with E-state index in [0.717, 1.165) is 47.6 Å². The highest BCUT2D eigenvalue weighted by Crippen LogP contribution is 2.24. The van der Waals surface area contributed by atoms with Crippen molar-refractivity contribution >= 4 is 35.2 Å². The van der Waals surface area contributed by atoms with Gasteiger partial charge in [-0.1, -0.05) is 29.8 Å². The highest BCUT2D eigenvalue weighted by molar-refractivity contribution is 7.99. The molecule has 3 rings (SSSR count). The van der Waals surface area contributed by atoms with E-state index in [9.17, 15) is 14.4 Å². The molecule has 2 aromatic carbocycles. The number of unbranched alkanes of at least 4 members (excludes halogenated alkanes) is 1. The number of carbonyl (C=O) groups is 3. The van der Waals surface area contributed by atoms with Crippen molar-refractivity contribution in [1.82, 2.24) is 4.90 Å². The molecule has 0 unspecified atom stereocenters. The summed E-state index contributed by atoms with van der Waals surface area (Å²) in [6.45, 7) is 6.56. The molecule has 0 aromatic heterocycles. The van der Waals surface area contributed by atoms with Crippen molar-refractivity contribution < 1.29 is 14.4 Å². The second kappa shape index (κ2) is 10.6. The van der Waals surface area contributed by atoms with Crippen LogP contribution < -0.4 is 5.32 Å². The summed E-state index contributed by atoms with van der Waals surface area (Å²) >= 11 is 1.81. The molecular weight excluding hydrogens is 408 g/mol. The molecule has 0 bridgehead atoms. The van der Waals surface area contributed by atoms with Crippen LogP contribution in [0.5, 0.6) is 0 Å². The number of fused-ring (bicyclic) bond motifs is 1. The fraction of sp³-hybridized carbons (Fsp3) is 0.400. The molecule has 0 aliphatic carbocycles. The lowest BCUT2D eigenvalue weighted by Gasteiger charge is -2.13. The van der Waals surface area contributed by atoms with Gasteiger partial charge in [0.1, 0.15) is 0 Å². The van der Waals surface area contributed by atoms with Crippen LogP contribution in [0, 0.1) is 20.8 Å². The molecule has 1 heterocycles. The Morgan fingerprint density at radius 2 is 1.48 bits per heavy atom. The van der Waals surface area contributed by atoms with Gasteiger partial charge in [0, 0.05) is 18.7 Å². The first kappa shape index (κ1) is 23.1. The van der Waals surface area contributed by atoms with Crippen molar-refractivity contribution in [2.75, 3.05) is 23.4 Å². The first-order valence-electron chi connectivity index (χ1n) is 10.8. The molecule has 0 radical (unpaired) electrons. The number of nitrogens with zero attached hydrogens (tertiary/aromatic N) is 1. The zero-order valence-electron chi connectivity index (χ0n) is 18.5. The molecule has 0 atom stereocenters. The van der Waals surface area contributed by atoms with Gasteiger partial charge in [-0.3, -0.25) is 19.3 Å². The second-order valence-electron chi connectivity index (χ2n) is 8.05. The van der Waals surface area contributed by atoms with E-state index in [-0.39, 0.29) is 17.7 Å². The van der Waals surface area contributed by atoms with Crippen molar-refractivity contribution in [2.45, 2.75) is 46.5 Å². The summed E-state index contributed by atoms with van der Waals surface area (Å²) in [5.41, 5.74) is 5.34. The quantitative estimate of drug-likeness (QED) is 0.412. The Bertz CT molecular complexity index is 928. The first-order valence-corrected chi connectivity index (χ1v) is 11.9. The van der Waals surface area contributed by atoms with Gasteiger partial charge in [-0.25, -0.2) is 0 Å². The zero-order valence-corrected chi connectivity index (χ0v) is 19.3. The normalized spacial score (nSPS) is 12.9. The number of imide groups is 1. The average Bonchev–Trinajstić information content (AvgIpc) is 2.97. The maximum Gasteiger partial charge on any atom is 0.261 e. The number of carbonyl (C=O) groups excluding carboxylic acids is 3. The third-order valence-corrected chi connectivity index (χ3v) is 6.59. The van der Waals surface area contributed by atoms with E-state index in [2.05, 4.69) is 24.4 Å². The molecule has 1 aliphatic heterocycles. The van der Waals surface area contributed by atoms with Crippen LogP contribution in [-0.2, 0) is 4.79 Å². The van der Waals surface area contributed by atoms with E-state index in [1.54, 1.807) is 24.3 Å². The minimum Gasteiger partial charge on any atom is -0.326 e. The van der Waals surface area contributed by atoms with Crippen molar-refractivity contribution in [2.24, 2.45) is 0 Å². The van der Waals surface area contributed by atoms with Crippen LogP contribution in [0.25, 0.3) is 0 Å². The molecule has 0 saturated heterocycles. The molecule has 3 amide bonds. The predicted molar refractivity (Wildman–Crippen MR) is 127 cm³/mol. The molecule has 31 heavy (non-hydrogen) atoms. The van der Waals surface area contributed by atoms with Crippen LogP contribution in [0.3, 0.4) is 0 Å². The lowest BCUT2D eigenvalue weighted by atomic mass is 10.0. The summed E-state index contributed by atoms with van der Waals surface area (Å²) in [6.07, 6.45) is 3.07. The second-order valence-corrected chi connectivity index (χ2v) is 9.28. The predicted octanol–water partition coefficient (Wildman–Crippen LogP) is 5.14. The zero-order chi connectivity index (χ0) is 22.4. The van der Waals surface area contributed by atoms with Gasteiger partial charge in [0.25, 0.3) is 11.8 Å².